The van der Waals surface area contributed by atoms with Crippen LogP contribution in [0.1, 0.15) is 69.5 Å². The van der Waals surface area contributed by atoms with Gasteiger partial charge in [0.05, 0.1) is 6.04 Å². The van der Waals surface area contributed by atoms with E-state index in [9.17, 15) is 9.59 Å². The van der Waals surface area contributed by atoms with Gasteiger partial charge in [0.1, 0.15) is 23.1 Å². The minimum Gasteiger partial charge on any atom is -0.486 e. The van der Waals surface area contributed by atoms with Crippen molar-refractivity contribution in [3.05, 3.63) is 80.8 Å². The van der Waals surface area contributed by atoms with Crippen LogP contribution in [0, 0.1) is 18.8 Å². The van der Waals surface area contributed by atoms with Crippen LogP contribution in [0.5, 0.6) is 5.75 Å². The predicted octanol–water partition coefficient (Wildman–Crippen LogP) is 5.05. The molecule has 0 saturated heterocycles. The Kier molecular flexibility index (Phi) is 6.25. The van der Waals surface area contributed by atoms with Gasteiger partial charge in [-0.2, -0.15) is 0 Å². The standard InChI is InChI=1S/C29H31N3O3S/c1-18-2-6-21(7-3-18)27-24-14-23(11-10-20(24)12-13-32(27)29(34)22-8-9-22)35-16-26-31-25(17-36-26)28(33)30-15-19-4-5-19/h2-3,6-7,10-11,14,17,19,22,27H,4-5,8-9,12-13,15-16H2,1H3,(H,30,33)/t27-/m1/s1. The fourth-order valence-electron chi connectivity index (χ4n) is 4.87. The zero-order valence-corrected chi connectivity index (χ0v) is 21.4. The molecule has 2 aliphatic carbocycles. The summed E-state index contributed by atoms with van der Waals surface area (Å²) in [6.45, 7) is 3.86. The van der Waals surface area contributed by atoms with Gasteiger partial charge in [-0.15, -0.1) is 11.3 Å². The van der Waals surface area contributed by atoms with E-state index >= 15 is 0 Å². The van der Waals surface area contributed by atoms with E-state index in [0.29, 0.717) is 18.2 Å². The molecule has 3 aliphatic rings. The summed E-state index contributed by atoms with van der Waals surface area (Å²) in [4.78, 5) is 32.1. The number of aromatic nitrogens is 1. The maximum absolute atomic E-state index is 13.2. The Labute approximate surface area is 215 Å². The molecule has 0 unspecified atom stereocenters. The van der Waals surface area contributed by atoms with Gasteiger partial charge in [0.2, 0.25) is 5.91 Å². The lowest BCUT2D eigenvalue weighted by Gasteiger charge is -2.38. The number of benzene rings is 2. The largest absolute Gasteiger partial charge is 0.486 e. The van der Waals surface area contributed by atoms with Crippen LogP contribution in [-0.4, -0.2) is 34.8 Å². The van der Waals surface area contributed by atoms with Crippen LogP contribution in [0.15, 0.2) is 47.8 Å². The first-order valence-corrected chi connectivity index (χ1v) is 13.8. The highest BCUT2D eigenvalue weighted by molar-refractivity contribution is 7.09. The summed E-state index contributed by atoms with van der Waals surface area (Å²) < 4.78 is 6.13. The van der Waals surface area contributed by atoms with Gasteiger partial charge in [-0.1, -0.05) is 35.9 Å². The molecule has 6 nitrogen and oxygen atoms in total. The Morgan fingerprint density at radius 2 is 1.92 bits per heavy atom. The van der Waals surface area contributed by atoms with Gasteiger partial charge in [-0.3, -0.25) is 9.59 Å². The van der Waals surface area contributed by atoms with Crippen molar-refractivity contribution in [3.63, 3.8) is 0 Å². The van der Waals surface area contributed by atoms with Crippen LogP contribution in [0.2, 0.25) is 0 Å². The average molecular weight is 502 g/mol. The minimum atomic E-state index is -0.112. The van der Waals surface area contributed by atoms with Crippen molar-refractivity contribution in [2.75, 3.05) is 13.1 Å². The highest BCUT2D eigenvalue weighted by Crippen LogP contribution is 2.41. The lowest BCUT2D eigenvalue weighted by Crippen LogP contribution is -2.41. The van der Waals surface area contributed by atoms with E-state index in [4.69, 9.17) is 4.74 Å². The number of carbonyl (C=O) groups is 2. The molecule has 7 heteroatoms. The second kappa shape index (κ2) is 9.69. The summed E-state index contributed by atoms with van der Waals surface area (Å²) >= 11 is 1.44. The van der Waals surface area contributed by atoms with Gasteiger partial charge in [0, 0.05) is 24.4 Å². The van der Waals surface area contributed by atoms with Crippen molar-refractivity contribution in [2.45, 2.75) is 51.7 Å². The molecule has 186 valence electrons. The third-order valence-corrected chi connectivity index (χ3v) is 8.17. The second-order valence-electron chi connectivity index (χ2n) is 10.3. The SMILES string of the molecule is Cc1ccc([C@@H]2c3cc(OCc4nc(C(=O)NCC5CC5)cs4)ccc3CCN2C(=O)C2CC2)cc1. The van der Waals surface area contributed by atoms with Crippen LogP contribution < -0.4 is 10.1 Å². The van der Waals surface area contributed by atoms with Gasteiger partial charge in [0.25, 0.3) is 5.91 Å². The molecule has 2 fully saturated rings. The summed E-state index contributed by atoms with van der Waals surface area (Å²) in [5.41, 5.74) is 5.19. The number of rotatable bonds is 8. The quantitative estimate of drug-likeness (QED) is 0.469. The predicted molar refractivity (Wildman–Crippen MR) is 139 cm³/mol. The molecule has 3 aromatic rings. The topological polar surface area (TPSA) is 71.5 Å². The molecule has 36 heavy (non-hydrogen) atoms. The molecule has 0 bridgehead atoms. The van der Waals surface area contributed by atoms with Crippen molar-refractivity contribution < 1.29 is 14.3 Å². The van der Waals surface area contributed by atoms with Crippen LogP contribution >= 0.6 is 11.3 Å². The van der Waals surface area contributed by atoms with E-state index in [2.05, 4.69) is 58.5 Å². The molecule has 1 aromatic heterocycles. The molecule has 0 radical (unpaired) electrons. The lowest BCUT2D eigenvalue weighted by molar-refractivity contribution is -0.134. The van der Waals surface area contributed by atoms with Crippen molar-refractivity contribution in [2.24, 2.45) is 11.8 Å². The molecule has 6 rings (SSSR count). The zero-order chi connectivity index (χ0) is 24.6. The van der Waals surface area contributed by atoms with Crippen LogP contribution in [-0.2, 0) is 17.8 Å². The Morgan fingerprint density at radius 1 is 1.11 bits per heavy atom. The number of hydrogen-bond acceptors (Lipinski definition) is 5. The fourth-order valence-corrected chi connectivity index (χ4v) is 5.55. The number of fused-ring (bicyclic) bond motifs is 1. The maximum atomic E-state index is 13.2. The summed E-state index contributed by atoms with van der Waals surface area (Å²) in [7, 11) is 0. The maximum Gasteiger partial charge on any atom is 0.270 e. The molecule has 2 amide bonds. The van der Waals surface area contributed by atoms with E-state index in [0.717, 1.165) is 54.2 Å². The minimum absolute atomic E-state index is 0.104. The van der Waals surface area contributed by atoms with Crippen molar-refractivity contribution in [1.82, 2.24) is 15.2 Å². The Hall–Kier alpha value is -3.19. The number of hydrogen-bond donors (Lipinski definition) is 1. The normalized spacial score (nSPS) is 19.0. The number of amides is 2. The Morgan fingerprint density at radius 3 is 2.67 bits per heavy atom. The van der Waals surface area contributed by atoms with E-state index in [-0.39, 0.29) is 23.8 Å². The summed E-state index contributed by atoms with van der Waals surface area (Å²) in [5.74, 6) is 1.73. The van der Waals surface area contributed by atoms with Gasteiger partial charge in [-0.25, -0.2) is 4.98 Å². The molecule has 1 aliphatic heterocycles. The fraction of sp³-hybridized carbons (Fsp3) is 0.414. The number of ether oxygens (including phenoxy) is 1. The zero-order valence-electron chi connectivity index (χ0n) is 20.5. The number of aryl methyl sites for hydroxylation is 1. The highest BCUT2D eigenvalue weighted by atomic mass is 32.1. The van der Waals surface area contributed by atoms with E-state index in [1.807, 2.05) is 6.07 Å². The monoisotopic (exact) mass is 501 g/mol. The van der Waals surface area contributed by atoms with E-state index in [1.54, 1.807) is 5.38 Å². The van der Waals surface area contributed by atoms with Gasteiger partial charge >= 0.3 is 0 Å². The average Bonchev–Trinajstić information content (AvgIpc) is 3.84. The van der Waals surface area contributed by atoms with Gasteiger partial charge in [-0.05, 0) is 73.8 Å². The molecule has 2 saturated carbocycles. The first kappa shape index (κ1) is 23.2. The number of thiazole rings is 1. The van der Waals surface area contributed by atoms with Crippen molar-refractivity contribution in [1.29, 1.82) is 0 Å². The Bertz CT molecular complexity index is 1280. The summed E-state index contributed by atoms with van der Waals surface area (Å²) in [6.07, 6.45) is 5.26. The summed E-state index contributed by atoms with van der Waals surface area (Å²) in [6, 6.07) is 14.6. The highest BCUT2D eigenvalue weighted by Gasteiger charge is 2.39. The third-order valence-electron chi connectivity index (χ3n) is 7.34. The number of carbonyl (C=O) groups excluding carboxylic acids is 2. The van der Waals surface area contributed by atoms with Gasteiger partial charge in [0.15, 0.2) is 0 Å². The second-order valence-corrected chi connectivity index (χ2v) is 11.2. The van der Waals surface area contributed by atoms with Crippen LogP contribution in [0.4, 0.5) is 0 Å². The molecule has 1 N–H and O–H groups in total. The molecule has 2 heterocycles. The number of nitrogens with zero attached hydrogens (tertiary/aromatic N) is 2. The third kappa shape index (κ3) is 5.03. The van der Waals surface area contributed by atoms with E-state index in [1.165, 1.54) is 35.3 Å². The van der Waals surface area contributed by atoms with Crippen molar-refractivity contribution in [3.8, 4) is 5.75 Å². The molecule has 1 atom stereocenters. The number of nitrogens with one attached hydrogen (secondary N) is 1. The van der Waals surface area contributed by atoms with Gasteiger partial charge < -0.3 is 15.0 Å². The van der Waals surface area contributed by atoms with Crippen LogP contribution in [0.3, 0.4) is 0 Å². The van der Waals surface area contributed by atoms with Crippen molar-refractivity contribution >= 4 is 23.2 Å². The molecule has 2 aromatic carbocycles. The van der Waals surface area contributed by atoms with E-state index < -0.39 is 0 Å². The summed E-state index contributed by atoms with van der Waals surface area (Å²) in [5, 5.41) is 5.53. The smallest absolute Gasteiger partial charge is 0.270 e. The lowest BCUT2D eigenvalue weighted by atomic mass is 9.87. The molecular weight excluding hydrogens is 470 g/mol. The Balaban J connectivity index is 1.20. The van der Waals surface area contributed by atoms with Crippen LogP contribution in [0.25, 0.3) is 0 Å². The first-order chi connectivity index (χ1) is 17.5. The molecule has 0 spiro atoms. The first-order valence-electron chi connectivity index (χ1n) is 12.9. The molecular formula is C29H31N3O3S.